The molecule has 0 fully saturated rings. The first-order valence-electron chi connectivity index (χ1n) is 5.93. The molecule has 1 aromatic heterocycles. The van der Waals surface area contributed by atoms with Gasteiger partial charge in [-0.25, -0.2) is 0 Å². The molecule has 0 radical (unpaired) electrons. The predicted molar refractivity (Wildman–Crippen MR) is 84.2 cm³/mol. The van der Waals surface area contributed by atoms with Crippen LogP contribution < -0.4 is 15.5 Å². The monoisotopic (exact) mass is 286 g/mol. The highest BCUT2D eigenvalue weighted by Gasteiger charge is 2.02. The van der Waals surface area contributed by atoms with Crippen LogP contribution in [0.25, 0.3) is 0 Å². The standard InChI is InChI=1S/C14H14N4OS/c1-19-13-8-3-2-7-12(13)17-14(20)18-16-10-11-6-4-5-9-15-11/h2-10H,1H3,(H2,17,18,20). The van der Waals surface area contributed by atoms with Gasteiger partial charge < -0.3 is 10.1 Å². The van der Waals surface area contributed by atoms with E-state index < -0.39 is 0 Å². The Morgan fingerprint density at radius 3 is 2.80 bits per heavy atom. The molecule has 102 valence electrons. The highest BCUT2D eigenvalue weighted by atomic mass is 32.1. The molecule has 0 saturated carbocycles. The van der Waals surface area contributed by atoms with Crippen molar-refractivity contribution in [2.45, 2.75) is 0 Å². The third-order valence-electron chi connectivity index (χ3n) is 2.41. The zero-order valence-electron chi connectivity index (χ0n) is 10.9. The van der Waals surface area contributed by atoms with E-state index in [9.17, 15) is 0 Å². The van der Waals surface area contributed by atoms with Crippen LogP contribution in [0, 0.1) is 0 Å². The Labute approximate surface area is 122 Å². The van der Waals surface area contributed by atoms with E-state index in [2.05, 4.69) is 20.8 Å². The molecule has 0 atom stereocenters. The summed E-state index contributed by atoms with van der Waals surface area (Å²) in [6, 6.07) is 13.1. The fraction of sp³-hybridized carbons (Fsp3) is 0.0714. The summed E-state index contributed by atoms with van der Waals surface area (Å²) in [5.74, 6) is 0.713. The van der Waals surface area contributed by atoms with Crippen LogP contribution in [0.2, 0.25) is 0 Å². The number of rotatable bonds is 4. The van der Waals surface area contributed by atoms with Gasteiger partial charge in [0.15, 0.2) is 5.11 Å². The van der Waals surface area contributed by atoms with Crippen LogP contribution in [0.4, 0.5) is 5.69 Å². The van der Waals surface area contributed by atoms with E-state index >= 15 is 0 Å². The molecule has 0 aliphatic heterocycles. The van der Waals surface area contributed by atoms with Crippen molar-refractivity contribution in [2.24, 2.45) is 5.10 Å². The van der Waals surface area contributed by atoms with Gasteiger partial charge in [0, 0.05) is 6.20 Å². The number of nitrogens with zero attached hydrogens (tertiary/aromatic N) is 2. The Balaban J connectivity index is 1.91. The van der Waals surface area contributed by atoms with E-state index in [4.69, 9.17) is 17.0 Å². The molecule has 0 saturated heterocycles. The molecule has 2 N–H and O–H groups in total. The Morgan fingerprint density at radius 1 is 1.25 bits per heavy atom. The average Bonchev–Trinajstić information content (AvgIpc) is 2.49. The second kappa shape index (κ2) is 7.20. The normalized spacial score (nSPS) is 10.2. The molecule has 2 rings (SSSR count). The second-order valence-electron chi connectivity index (χ2n) is 3.78. The van der Waals surface area contributed by atoms with Crippen molar-refractivity contribution < 1.29 is 4.74 Å². The van der Waals surface area contributed by atoms with Crippen molar-refractivity contribution in [3.63, 3.8) is 0 Å². The number of para-hydroxylation sites is 2. The van der Waals surface area contributed by atoms with E-state index in [1.807, 2.05) is 42.5 Å². The van der Waals surface area contributed by atoms with Gasteiger partial charge in [-0.05, 0) is 36.5 Å². The Hall–Kier alpha value is -2.47. The zero-order chi connectivity index (χ0) is 14.2. The average molecular weight is 286 g/mol. The van der Waals surface area contributed by atoms with Gasteiger partial charge in [0.25, 0.3) is 0 Å². The van der Waals surface area contributed by atoms with E-state index in [0.717, 1.165) is 11.4 Å². The molecule has 6 heteroatoms. The summed E-state index contributed by atoms with van der Waals surface area (Å²) in [6.07, 6.45) is 3.29. The molecule has 1 aromatic carbocycles. The lowest BCUT2D eigenvalue weighted by molar-refractivity contribution is 0.417. The summed E-state index contributed by atoms with van der Waals surface area (Å²) in [7, 11) is 1.61. The number of methoxy groups -OCH3 is 1. The lowest BCUT2D eigenvalue weighted by Crippen LogP contribution is -2.24. The highest BCUT2D eigenvalue weighted by molar-refractivity contribution is 7.80. The maximum absolute atomic E-state index is 5.22. The van der Waals surface area contributed by atoms with E-state index in [1.54, 1.807) is 19.5 Å². The summed E-state index contributed by atoms with van der Waals surface area (Å²) in [6.45, 7) is 0. The summed E-state index contributed by atoms with van der Waals surface area (Å²) < 4.78 is 5.22. The Bertz CT molecular complexity index is 601. The quantitative estimate of drug-likeness (QED) is 0.513. The molecule has 0 bridgehead atoms. The first-order valence-corrected chi connectivity index (χ1v) is 6.34. The van der Waals surface area contributed by atoms with E-state index in [-0.39, 0.29) is 0 Å². The van der Waals surface area contributed by atoms with E-state index in [1.165, 1.54) is 0 Å². The number of anilines is 1. The number of aromatic nitrogens is 1. The van der Waals surface area contributed by atoms with Crippen molar-refractivity contribution in [3.8, 4) is 5.75 Å². The number of hydrazone groups is 1. The number of benzene rings is 1. The fourth-order valence-electron chi connectivity index (χ4n) is 1.51. The summed E-state index contributed by atoms with van der Waals surface area (Å²) in [5.41, 5.74) is 4.25. The minimum absolute atomic E-state index is 0.377. The number of hydrogen-bond donors (Lipinski definition) is 2. The van der Waals surface area contributed by atoms with Crippen LogP contribution in [0.1, 0.15) is 5.69 Å². The number of thiocarbonyl (C=S) groups is 1. The summed E-state index contributed by atoms with van der Waals surface area (Å²) in [4.78, 5) is 4.11. The van der Waals surface area contributed by atoms with Crippen molar-refractivity contribution >= 4 is 29.2 Å². The van der Waals surface area contributed by atoms with Crippen molar-refractivity contribution in [3.05, 3.63) is 54.4 Å². The fourth-order valence-corrected chi connectivity index (χ4v) is 1.67. The molecule has 0 aliphatic rings. The number of pyridine rings is 1. The van der Waals surface area contributed by atoms with Crippen LogP contribution in [-0.4, -0.2) is 23.4 Å². The molecule has 0 aliphatic carbocycles. The van der Waals surface area contributed by atoms with Crippen LogP contribution in [0.5, 0.6) is 5.75 Å². The van der Waals surface area contributed by atoms with Crippen LogP contribution in [0.3, 0.4) is 0 Å². The van der Waals surface area contributed by atoms with Crippen LogP contribution in [0.15, 0.2) is 53.8 Å². The molecule has 0 unspecified atom stereocenters. The lowest BCUT2D eigenvalue weighted by Gasteiger charge is -2.10. The van der Waals surface area contributed by atoms with Gasteiger partial charge >= 0.3 is 0 Å². The Kier molecular flexibility index (Phi) is 5.02. The number of nitrogens with one attached hydrogen (secondary N) is 2. The third kappa shape index (κ3) is 4.03. The molecule has 2 aromatic rings. The van der Waals surface area contributed by atoms with Crippen LogP contribution in [-0.2, 0) is 0 Å². The summed E-state index contributed by atoms with van der Waals surface area (Å²) in [5, 5.41) is 7.40. The van der Waals surface area contributed by atoms with E-state index in [0.29, 0.717) is 10.9 Å². The largest absolute Gasteiger partial charge is 0.495 e. The highest BCUT2D eigenvalue weighted by Crippen LogP contribution is 2.22. The number of ether oxygens (including phenoxy) is 1. The van der Waals surface area contributed by atoms with Crippen molar-refractivity contribution in [1.82, 2.24) is 10.4 Å². The summed E-state index contributed by atoms with van der Waals surface area (Å²) >= 11 is 5.15. The topological polar surface area (TPSA) is 58.5 Å². The van der Waals surface area contributed by atoms with Gasteiger partial charge in [-0.2, -0.15) is 5.10 Å². The first-order chi connectivity index (χ1) is 9.79. The SMILES string of the molecule is COc1ccccc1NC(=S)NN=Cc1ccccn1. The van der Waals surface area contributed by atoms with Gasteiger partial charge in [-0.3, -0.25) is 10.4 Å². The smallest absolute Gasteiger partial charge is 0.191 e. The predicted octanol–water partition coefficient (Wildman–Crippen LogP) is 2.41. The van der Waals surface area contributed by atoms with Gasteiger partial charge in [0.2, 0.25) is 0 Å². The van der Waals surface area contributed by atoms with Crippen molar-refractivity contribution in [1.29, 1.82) is 0 Å². The molecule has 5 nitrogen and oxygen atoms in total. The van der Waals surface area contributed by atoms with Gasteiger partial charge in [0.1, 0.15) is 5.75 Å². The van der Waals surface area contributed by atoms with Crippen molar-refractivity contribution in [2.75, 3.05) is 12.4 Å². The first kappa shape index (κ1) is 14.0. The van der Waals surface area contributed by atoms with Gasteiger partial charge in [-0.15, -0.1) is 0 Å². The zero-order valence-corrected chi connectivity index (χ0v) is 11.7. The van der Waals surface area contributed by atoms with Gasteiger partial charge in [0.05, 0.1) is 24.7 Å². The molecule has 1 heterocycles. The van der Waals surface area contributed by atoms with Gasteiger partial charge in [-0.1, -0.05) is 18.2 Å². The maximum Gasteiger partial charge on any atom is 0.191 e. The third-order valence-corrected chi connectivity index (χ3v) is 2.60. The Morgan fingerprint density at radius 2 is 2.05 bits per heavy atom. The molecular weight excluding hydrogens is 272 g/mol. The minimum atomic E-state index is 0.377. The maximum atomic E-state index is 5.22. The second-order valence-corrected chi connectivity index (χ2v) is 4.19. The lowest BCUT2D eigenvalue weighted by atomic mass is 10.3. The molecule has 0 spiro atoms. The van der Waals surface area contributed by atoms with Crippen LogP contribution >= 0.6 is 12.2 Å². The molecule has 0 amide bonds. The molecular formula is C14H14N4OS. The molecule has 20 heavy (non-hydrogen) atoms. The minimum Gasteiger partial charge on any atom is -0.495 e. The number of hydrogen-bond acceptors (Lipinski definition) is 4.